The van der Waals surface area contributed by atoms with Crippen LogP contribution in [-0.2, 0) is 14.8 Å². The van der Waals surface area contributed by atoms with Crippen molar-refractivity contribution in [3.8, 4) is 0 Å². The Hall–Kier alpha value is -1.41. The van der Waals surface area contributed by atoms with Gasteiger partial charge in [-0.15, -0.1) is 0 Å². The van der Waals surface area contributed by atoms with Crippen LogP contribution in [0.15, 0.2) is 17.3 Å². The second-order valence-corrected chi connectivity index (χ2v) is 6.28. The van der Waals surface area contributed by atoms with Crippen LogP contribution in [0.5, 0.6) is 0 Å². The van der Waals surface area contributed by atoms with Crippen LogP contribution in [-0.4, -0.2) is 46.7 Å². The Labute approximate surface area is 106 Å². The summed E-state index contributed by atoms with van der Waals surface area (Å²) in [4.78, 5) is 10.8. The highest BCUT2D eigenvalue weighted by molar-refractivity contribution is 7.89. The number of likely N-dealkylation sites (N-methyl/N-ethyl adjacent to an activating group) is 1. The number of carbonyl (C=O) groups is 1. The van der Waals surface area contributed by atoms with Crippen molar-refractivity contribution < 1.29 is 18.3 Å². The molecule has 0 aliphatic carbocycles. The first-order valence-electron chi connectivity index (χ1n) is 5.43. The molecule has 0 aromatic carbocycles. The second kappa shape index (κ2) is 5.07. The Balaban J connectivity index is 3.09. The van der Waals surface area contributed by atoms with E-state index in [-0.39, 0.29) is 10.9 Å². The minimum atomic E-state index is -3.83. The molecular formula is C10H17N3O4S. The maximum atomic E-state index is 12.1. The van der Waals surface area contributed by atoms with E-state index in [0.717, 1.165) is 4.31 Å². The fourth-order valence-corrected chi connectivity index (χ4v) is 2.53. The van der Waals surface area contributed by atoms with Crippen LogP contribution in [0.3, 0.4) is 0 Å². The smallest absolute Gasteiger partial charge is 0.321 e. The third-order valence-corrected chi connectivity index (χ3v) is 4.57. The number of aliphatic carboxylic acids is 1. The molecule has 1 aromatic heterocycles. The first-order valence-corrected chi connectivity index (χ1v) is 6.87. The topological polar surface area (TPSA) is 92.5 Å². The average Bonchev–Trinajstić information content (AvgIpc) is 2.76. The summed E-state index contributed by atoms with van der Waals surface area (Å²) in [7, 11) is -2.59. The van der Waals surface area contributed by atoms with Gasteiger partial charge in [0.15, 0.2) is 0 Å². The van der Waals surface area contributed by atoms with E-state index < -0.39 is 22.0 Å². The number of aromatic nitrogens is 2. The first kappa shape index (κ1) is 14.7. The van der Waals surface area contributed by atoms with Crippen LogP contribution >= 0.6 is 0 Å². The molecule has 1 N–H and O–H groups in total. The lowest BCUT2D eigenvalue weighted by Gasteiger charge is -2.19. The van der Waals surface area contributed by atoms with Crippen molar-refractivity contribution in [3.63, 3.8) is 0 Å². The molecule has 1 unspecified atom stereocenters. The highest BCUT2D eigenvalue weighted by Gasteiger charge is 2.30. The summed E-state index contributed by atoms with van der Waals surface area (Å²) < 4.78 is 26.6. The van der Waals surface area contributed by atoms with E-state index in [0.29, 0.717) is 0 Å². The van der Waals surface area contributed by atoms with E-state index in [1.807, 2.05) is 13.8 Å². The Bertz CT molecular complexity index is 535. The monoisotopic (exact) mass is 275 g/mol. The first-order chi connectivity index (χ1) is 8.17. The summed E-state index contributed by atoms with van der Waals surface area (Å²) in [5.74, 6) is -1.20. The highest BCUT2D eigenvalue weighted by atomic mass is 32.2. The van der Waals surface area contributed by atoms with Gasteiger partial charge in [0.1, 0.15) is 10.9 Å². The summed E-state index contributed by atoms with van der Waals surface area (Å²) in [5, 5.41) is 12.8. The molecule has 1 aromatic rings. The predicted octanol–water partition coefficient (Wildman–Crippen LogP) is 0.558. The van der Waals surface area contributed by atoms with Crippen molar-refractivity contribution in [3.05, 3.63) is 12.4 Å². The van der Waals surface area contributed by atoms with E-state index in [1.54, 1.807) is 0 Å². The Morgan fingerprint density at radius 1 is 1.44 bits per heavy atom. The lowest BCUT2D eigenvalue weighted by atomic mass is 10.4. The third-order valence-electron chi connectivity index (χ3n) is 2.69. The second-order valence-electron chi connectivity index (χ2n) is 4.29. The largest absolute Gasteiger partial charge is 0.480 e. The number of nitrogens with zero attached hydrogens (tertiary/aromatic N) is 3. The number of carboxylic acids is 1. The van der Waals surface area contributed by atoms with Crippen molar-refractivity contribution in [1.29, 1.82) is 0 Å². The van der Waals surface area contributed by atoms with Gasteiger partial charge in [-0.2, -0.15) is 9.40 Å². The molecule has 102 valence electrons. The molecule has 0 amide bonds. The lowest BCUT2D eigenvalue weighted by Crippen LogP contribution is -2.40. The molecule has 1 heterocycles. The van der Waals surface area contributed by atoms with Gasteiger partial charge in [0.2, 0.25) is 10.0 Å². The minimum Gasteiger partial charge on any atom is -0.480 e. The maximum absolute atomic E-state index is 12.1. The quantitative estimate of drug-likeness (QED) is 0.847. The summed E-state index contributed by atoms with van der Waals surface area (Å²) in [5.41, 5.74) is 0. The zero-order valence-corrected chi connectivity index (χ0v) is 11.5. The van der Waals surface area contributed by atoms with Crippen molar-refractivity contribution >= 4 is 16.0 Å². The van der Waals surface area contributed by atoms with Gasteiger partial charge in [-0.3, -0.25) is 9.48 Å². The molecule has 0 saturated heterocycles. The van der Waals surface area contributed by atoms with Crippen LogP contribution in [0.25, 0.3) is 0 Å². The highest BCUT2D eigenvalue weighted by Crippen LogP contribution is 2.17. The van der Waals surface area contributed by atoms with Gasteiger partial charge in [-0.1, -0.05) is 0 Å². The van der Waals surface area contributed by atoms with E-state index in [9.17, 15) is 13.2 Å². The molecule has 0 fully saturated rings. The third kappa shape index (κ3) is 2.70. The SMILES string of the molecule is CC(C(=O)O)N(C)S(=O)(=O)c1cnn(C(C)C)c1. The summed E-state index contributed by atoms with van der Waals surface area (Å²) in [6.45, 7) is 5.05. The van der Waals surface area contributed by atoms with Crippen LogP contribution in [0.1, 0.15) is 26.8 Å². The van der Waals surface area contributed by atoms with E-state index >= 15 is 0 Å². The van der Waals surface area contributed by atoms with Crippen LogP contribution in [0.4, 0.5) is 0 Å². The number of hydrogen-bond donors (Lipinski definition) is 1. The Morgan fingerprint density at radius 2 is 2.00 bits per heavy atom. The molecule has 0 saturated carbocycles. The summed E-state index contributed by atoms with van der Waals surface area (Å²) in [6, 6.07) is -1.09. The molecular weight excluding hydrogens is 258 g/mol. The fourth-order valence-electron chi connectivity index (χ4n) is 1.27. The molecule has 1 rings (SSSR count). The number of sulfonamides is 1. The molecule has 0 aliphatic heterocycles. The lowest BCUT2D eigenvalue weighted by molar-refractivity contribution is -0.140. The number of hydrogen-bond acceptors (Lipinski definition) is 4. The number of rotatable bonds is 5. The van der Waals surface area contributed by atoms with Gasteiger partial charge in [-0.25, -0.2) is 8.42 Å². The number of carboxylic acid groups (broad SMARTS) is 1. The molecule has 0 aliphatic rings. The maximum Gasteiger partial charge on any atom is 0.321 e. The van der Waals surface area contributed by atoms with Gasteiger partial charge in [0.25, 0.3) is 0 Å². The normalized spacial score (nSPS) is 14.1. The van der Waals surface area contributed by atoms with Gasteiger partial charge in [0.05, 0.1) is 6.20 Å². The molecule has 1 atom stereocenters. The molecule has 7 nitrogen and oxygen atoms in total. The zero-order valence-electron chi connectivity index (χ0n) is 10.7. The molecule has 0 radical (unpaired) electrons. The molecule has 8 heteroatoms. The van der Waals surface area contributed by atoms with Gasteiger partial charge in [0, 0.05) is 19.3 Å². The summed E-state index contributed by atoms with van der Waals surface area (Å²) >= 11 is 0. The van der Waals surface area contributed by atoms with Gasteiger partial charge < -0.3 is 5.11 Å². The van der Waals surface area contributed by atoms with Gasteiger partial charge >= 0.3 is 5.97 Å². The Morgan fingerprint density at radius 3 is 2.39 bits per heavy atom. The Kier molecular flexibility index (Phi) is 4.12. The van der Waals surface area contributed by atoms with E-state index in [1.165, 1.54) is 31.0 Å². The van der Waals surface area contributed by atoms with E-state index in [2.05, 4.69) is 5.10 Å². The molecule has 0 spiro atoms. The van der Waals surface area contributed by atoms with Gasteiger partial charge in [-0.05, 0) is 20.8 Å². The molecule has 18 heavy (non-hydrogen) atoms. The fraction of sp³-hybridized carbons (Fsp3) is 0.600. The van der Waals surface area contributed by atoms with Crippen LogP contribution in [0, 0.1) is 0 Å². The predicted molar refractivity (Wildman–Crippen MR) is 64.7 cm³/mol. The molecule has 0 bridgehead atoms. The minimum absolute atomic E-state index is 0.00759. The van der Waals surface area contributed by atoms with Crippen molar-refractivity contribution in [2.75, 3.05) is 7.05 Å². The zero-order chi connectivity index (χ0) is 14.1. The van der Waals surface area contributed by atoms with Crippen molar-refractivity contribution in [1.82, 2.24) is 14.1 Å². The van der Waals surface area contributed by atoms with Crippen molar-refractivity contribution in [2.45, 2.75) is 37.8 Å². The van der Waals surface area contributed by atoms with Crippen molar-refractivity contribution in [2.24, 2.45) is 0 Å². The van der Waals surface area contributed by atoms with Crippen LogP contribution < -0.4 is 0 Å². The summed E-state index contributed by atoms with van der Waals surface area (Å²) in [6.07, 6.45) is 2.62. The average molecular weight is 275 g/mol. The van der Waals surface area contributed by atoms with E-state index in [4.69, 9.17) is 5.11 Å². The van der Waals surface area contributed by atoms with Crippen LogP contribution in [0.2, 0.25) is 0 Å². The standard InChI is InChI=1S/C10H17N3O4S/c1-7(2)13-6-9(5-11-13)18(16,17)12(4)8(3)10(14)15/h5-8H,1-4H3,(H,14,15).